The highest BCUT2D eigenvalue weighted by Gasteiger charge is 2.11. The maximum absolute atomic E-state index is 3.58. The Bertz CT molecular complexity index is 312. The number of nitrogens with one attached hydrogen (secondary N) is 2. The van der Waals surface area contributed by atoms with Gasteiger partial charge in [0, 0.05) is 6.54 Å². The van der Waals surface area contributed by atoms with Crippen LogP contribution in [0.3, 0.4) is 0 Å². The van der Waals surface area contributed by atoms with Gasteiger partial charge < -0.3 is 10.6 Å². The second-order valence-electron chi connectivity index (χ2n) is 4.99. The smallest absolute Gasteiger partial charge is 0.0205 e. The summed E-state index contributed by atoms with van der Waals surface area (Å²) in [5, 5.41) is 6.99. The lowest BCUT2D eigenvalue weighted by Gasteiger charge is -2.22. The van der Waals surface area contributed by atoms with Gasteiger partial charge in [-0.25, -0.2) is 0 Å². The zero-order valence-electron chi connectivity index (χ0n) is 10.8. The molecule has 2 heteroatoms. The Morgan fingerprint density at radius 1 is 1.12 bits per heavy atom. The molecule has 0 amide bonds. The average Bonchev–Trinajstić information content (AvgIpc) is 2.41. The van der Waals surface area contributed by atoms with E-state index in [1.165, 1.54) is 37.1 Å². The quantitative estimate of drug-likeness (QED) is 0.814. The molecule has 1 heterocycles. The molecule has 0 unspecified atom stereocenters. The van der Waals surface area contributed by atoms with Gasteiger partial charge in [-0.1, -0.05) is 31.2 Å². The van der Waals surface area contributed by atoms with Crippen LogP contribution in [0.4, 0.5) is 0 Å². The molecule has 2 rings (SSSR count). The summed E-state index contributed by atoms with van der Waals surface area (Å²) in [5.41, 5.74) is 2.82. The third-order valence-corrected chi connectivity index (χ3v) is 3.65. The van der Waals surface area contributed by atoms with E-state index < -0.39 is 0 Å². The highest BCUT2D eigenvalue weighted by atomic mass is 14.9. The summed E-state index contributed by atoms with van der Waals surface area (Å²) in [5.74, 6) is 0.867. The molecule has 1 aliphatic rings. The van der Waals surface area contributed by atoms with Crippen LogP contribution in [0.5, 0.6) is 0 Å². The van der Waals surface area contributed by atoms with Crippen LogP contribution in [-0.4, -0.2) is 19.6 Å². The Balaban J connectivity index is 1.69. The molecule has 2 nitrogen and oxygen atoms in total. The van der Waals surface area contributed by atoms with Crippen LogP contribution < -0.4 is 10.6 Å². The summed E-state index contributed by atoms with van der Waals surface area (Å²) in [6, 6.07) is 8.96. The van der Waals surface area contributed by atoms with Crippen molar-refractivity contribution in [3.05, 3.63) is 35.4 Å². The maximum atomic E-state index is 3.58. The van der Waals surface area contributed by atoms with Crippen molar-refractivity contribution < 1.29 is 0 Å². The van der Waals surface area contributed by atoms with E-state index >= 15 is 0 Å². The van der Waals surface area contributed by atoms with Crippen LogP contribution in [-0.2, 0) is 13.0 Å². The van der Waals surface area contributed by atoms with Crippen LogP contribution in [0.15, 0.2) is 24.3 Å². The van der Waals surface area contributed by atoms with Gasteiger partial charge in [-0.3, -0.25) is 0 Å². The van der Waals surface area contributed by atoms with E-state index in [-0.39, 0.29) is 0 Å². The van der Waals surface area contributed by atoms with Crippen LogP contribution in [0.25, 0.3) is 0 Å². The largest absolute Gasteiger partial charge is 0.317 e. The molecular formula is C15H24N2. The average molecular weight is 232 g/mol. The van der Waals surface area contributed by atoms with Crippen LogP contribution >= 0.6 is 0 Å². The summed E-state index contributed by atoms with van der Waals surface area (Å²) in [6.45, 7) is 6.75. The Hall–Kier alpha value is -0.860. The van der Waals surface area contributed by atoms with Gasteiger partial charge in [0.2, 0.25) is 0 Å². The standard InChI is InChI=1S/C15H24N2/c1-2-13-3-5-14(6-4-13)11-17-12-15-7-9-16-10-8-15/h3-6,15-17H,2,7-12H2,1H3. The summed E-state index contributed by atoms with van der Waals surface area (Å²) < 4.78 is 0. The lowest BCUT2D eigenvalue weighted by molar-refractivity contribution is 0.356. The Labute approximate surface area is 105 Å². The van der Waals surface area contributed by atoms with Crippen molar-refractivity contribution in [3.63, 3.8) is 0 Å². The van der Waals surface area contributed by atoms with E-state index in [1.54, 1.807) is 0 Å². The molecule has 2 N–H and O–H groups in total. The SMILES string of the molecule is CCc1ccc(CNCC2CCNCC2)cc1. The predicted octanol–water partition coefficient (Wildman–Crippen LogP) is 2.34. The van der Waals surface area contributed by atoms with Crippen LogP contribution in [0.1, 0.15) is 30.9 Å². The number of benzene rings is 1. The van der Waals surface area contributed by atoms with Gasteiger partial charge in [0.1, 0.15) is 0 Å². The second kappa shape index (κ2) is 6.77. The van der Waals surface area contributed by atoms with Crippen molar-refractivity contribution in [1.29, 1.82) is 0 Å². The fourth-order valence-corrected chi connectivity index (χ4v) is 2.40. The predicted molar refractivity (Wildman–Crippen MR) is 73.1 cm³/mol. The number of aryl methyl sites for hydroxylation is 1. The van der Waals surface area contributed by atoms with Crippen LogP contribution in [0.2, 0.25) is 0 Å². The molecule has 0 spiro atoms. The van der Waals surface area contributed by atoms with Crippen molar-refractivity contribution in [2.24, 2.45) is 5.92 Å². The second-order valence-corrected chi connectivity index (χ2v) is 4.99. The minimum Gasteiger partial charge on any atom is -0.317 e. The van der Waals surface area contributed by atoms with E-state index in [1.807, 2.05) is 0 Å². The first-order valence-electron chi connectivity index (χ1n) is 6.87. The van der Waals surface area contributed by atoms with E-state index in [0.717, 1.165) is 25.4 Å². The summed E-state index contributed by atoms with van der Waals surface area (Å²) in [4.78, 5) is 0. The number of rotatable bonds is 5. The van der Waals surface area contributed by atoms with E-state index in [9.17, 15) is 0 Å². The van der Waals surface area contributed by atoms with Crippen molar-refractivity contribution in [2.75, 3.05) is 19.6 Å². The molecule has 0 radical (unpaired) electrons. The summed E-state index contributed by atoms with van der Waals surface area (Å²) in [7, 11) is 0. The highest BCUT2D eigenvalue weighted by molar-refractivity contribution is 5.22. The van der Waals surface area contributed by atoms with Gasteiger partial charge in [-0.2, -0.15) is 0 Å². The normalized spacial score (nSPS) is 17.2. The molecule has 1 aliphatic heterocycles. The third-order valence-electron chi connectivity index (χ3n) is 3.65. The molecule has 0 saturated carbocycles. The van der Waals surface area contributed by atoms with E-state index in [2.05, 4.69) is 41.8 Å². The van der Waals surface area contributed by atoms with E-state index in [0.29, 0.717) is 0 Å². The Kier molecular flexibility index (Phi) is 5.02. The van der Waals surface area contributed by atoms with Gasteiger partial charge in [-0.05, 0) is 55.9 Å². The first-order chi connectivity index (χ1) is 8.38. The number of hydrogen-bond donors (Lipinski definition) is 2. The fourth-order valence-electron chi connectivity index (χ4n) is 2.40. The van der Waals surface area contributed by atoms with Crippen molar-refractivity contribution >= 4 is 0 Å². The zero-order valence-corrected chi connectivity index (χ0v) is 10.8. The maximum Gasteiger partial charge on any atom is 0.0205 e. The zero-order chi connectivity index (χ0) is 11.9. The lowest BCUT2D eigenvalue weighted by atomic mass is 9.98. The van der Waals surface area contributed by atoms with Gasteiger partial charge in [0.05, 0.1) is 0 Å². The minimum absolute atomic E-state index is 0.867. The molecule has 0 bridgehead atoms. The summed E-state index contributed by atoms with van der Waals surface area (Å²) >= 11 is 0. The van der Waals surface area contributed by atoms with Crippen LogP contribution in [0, 0.1) is 5.92 Å². The van der Waals surface area contributed by atoms with E-state index in [4.69, 9.17) is 0 Å². The van der Waals surface area contributed by atoms with Gasteiger partial charge in [0.25, 0.3) is 0 Å². The first-order valence-corrected chi connectivity index (χ1v) is 6.87. The summed E-state index contributed by atoms with van der Waals surface area (Å²) in [6.07, 6.45) is 3.77. The van der Waals surface area contributed by atoms with Gasteiger partial charge in [-0.15, -0.1) is 0 Å². The highest BCUT2D eigenvalue weighted by Crippen LogP contribution is 2.10. The minimum atomic E-state index is 0.867. The third kappa shape index (κ3) is 4.14. The molecule has 1 fully saturated rings. The van der Waals surface area contributed by atoms with Crippen molar-refractivity contribution in [1.82, 2.24) is 10.6 Å². The van der Waals surface area contributed by atoms with Crippen molar-refractivity contribution in [2.45, 2.75) is 32.7 Å². The lowest BCUT2D eigenvalue weighted by Crippen LogP contribution is -2.33. The first kappa shape index (κ1) is 12.6. The molecule has 0 aliphatic carbocycles. The monoisotopic (exact) mass is 232 g/mol. The molecule has 94 valence electrons. The Morgan fingerprint density at radius 2 is 1.76 bits per heavy atom. The molecule has 17 heavy (non-hydrogen) atoms. The molecule has 0 atom stereocenters. The molecule has 0 aromatic heterocycles. The topological polar surface area (TPSA) is 24.1 Å². The van der Waals surface area contributed by atoms with Crippen molar-refractivity contribution in [3.8, 4) is 0 Å². The Morgan fingerprint density at radius 3 is 2.41 bits per heavy atom. The molecule has 1 aromatic carbocycles. The van der Waals surface area contributed by atoms with Gasteiger partial charge in [0.15, 0.2) is 0 Å². The number of piperidine rings is 1. The molecule has 1 saturated heterocycles. The fraction of sp³-hybridized carbons (Fsp3) is 0.600. The van der Waals surface area contributed by atoms with Gasteiger partial charge >= 0.3 is 0 Å². The molecular weight excluding hydrogens is 208 g/mol. The number of hydrogen-bond acceptors (Lipinski definition) is 2. The molecule has 1 aromatic rings.